The Bertz CT molecular complexity index is 231. The number of likely N-dealkylation sites (tertiary alicyclic amines) is 1. The number of methoxy groups -OCH3 is 1. The Labute approximate surface area is 113 Å². The molecule has 0 saturated carbocycles. The minimum atomic E-state index is 0.177. The Morgan fingerprint density at radius 3 is 2.72 bits per heavy atom. The summed E-state index contributed by atoms with van der Waals surface area (Å²) in [5.41, 5.74) is 6.25. The highest BCUT2D eigenvalue weighted by molar-refractivity contribution is 4.90. The van der Waals surface area contributed by atoms with Gasteiger partial charge in [-0.1, -0.05) is 13.8 Å². The zero-order valence-electron chi connectivity index (χ0n) is 12.7. The largest absolute Gasteiger partial charge is 0.384 e. The molecule has 1 fully saturated rings. The van der Waals surface area contributed by atoms with Gasteiger partial charge in [-0.05, 0) is 51.0 Å². The topological polar surface area (TPSA) is 38.5 Å². The third-order valence-corrected chi connectivity index (χ3v) is 4.38. The summed E-state index contributed by atoms with van der Waals surface area (Å²) in [6, 6.07) is 0. The fraction of sp³-hybridized carbons (Fsp3) is 1.00. The molecule has 0 aromatic heterocycles. The molecule has 108 valence electrons. The van der Waals surface area contributed by atoms with Crippen molar-refractivity contribution in [2.75, 3.05) is 33.4 Å². The quantitative estimate of drug-likeness (QED) is 0.760. The van der Waals surface area contributed by atoms with Crippen molar-refractivity contribution in [2.24, 2.45) is 17.6 Å². The smallest absolute Gasteiger partial charge is 0.0502 e. The van der Waals surface area contributed by atoms with E-state index in [1.807, 2.05) is 0 Å². The summed E-state index contributed by atoms with van der Waals surface area (Å²) >= 11 is 0. The zero-order valence-corrected chi connectivity index (χ0v) is 12.7. The van der Waals surface area contributed by atoms with Gasteiger partial charge >= 0.3 is 0 Å². The molecule has 1 rings (SSSR count). The Kier molecular flexibility index (Phi) is 6.61. The van der Waals surface area contributed by atoms with Crippen molar-refractivity contribution in [1.29, 1.82) is 0 Å². The summed E-state index contributed by atoms with van der Waals surface area (Å²) in [5.74, 6) is 1.45. The molecule has 1 saturated heterocycles. The van der Waals surface area contributed by atoms with Crippen LogP contribution in [0.15, 0.2) is 0 Å². The van der Waals surface area contributed by atoms with Crippen LogP contribution in [0.5, 0.6) is 0 Å². The molecule has 1 aliphatic heterocycles. The van der Waals surface area contributed by atoms with Gasteiger partial charge in [0.25, 0.3) is 0 Å². The molecule has 18 heavy (non-hydrogen) atoms. The summed E-state index contributed by atoms with van der Waals surface area (Å²) in [5, 5.41) is 0. The molecule has 3 heteroatoms. The maximum Gasteiger partial charge on any atom is 0.0502 e. The van der Waals surface area contributed by atoms with Gasteiger partial charge in [0, 0.05) is 25.7 Å². The first-order valence-electron chi connectivity index (χ1n) is 7.46. The Morgan fingerprint density at radius 1 is 1.44 bits per heavy atom. The van der Waals surface area contributed by atoms with Crippen LogP contribution in [0.2, 0.25) is 0 Å². The fourth-order valence-corrected chi connectivity index (χ4v) is 2.92. The van der Waals surface area contributed by atoms with Crippen molar-refractivity contribution in [3.8, 4) is 0 Å². The van der Waals surface area contributed by atoms with Crippen LogP contribution >= 0.6 is 0 Å². The third kappa shape index (κ3) is 4.52. The number of nitrogens with two attached hydrogens (primary N) is 1. The normalized spacial score (nSPS) is 25.3. The van der Waals surface area contributed by atoms with E-state index in [1.54, 1.807) is 7.11 Å². The lowest BCUT2D eigenvalue weighted by molar-refractivity contribution is 0.0242. The van der Waals surface area contributed by atoms with Crippen LogP contribution in [0.1, 0.15) is 46.5 Å². The second-order valence-electron chi connectivity index (χ2n) is 6.54. The number of ether oxygens (including phenoxy) is 1. The molecular weight excluding hydrogens is 224 g/mol. The van der Waals surface area contributed by atoms with E-state index in [0.29, 0.717) is 5.92 Å². The minimum absolute atomic E-state index is 0.177. The van der Waals surface area contributed by atoms with Gasteiger partial charge in [-0.25, -0.2) is 0 Å². The molecule has 2 atom stereocenters. The van der Waals surface area contributed by atoms with Gasteiger partial charge in [-0.3, -0.25) is 4.90 Å². The van der Waals surface area contributed by atoms with Crippen LogP contribution in [0, 0.1) is 11.8 Å². The minimum Gasteiger partial charge on any atom is -0.384 e. The molecule has 0 amide bonds. The van der Waals surface area contributed by atoms with E-state index in [4.69, 9.17) is 10.5 Å². The van der Waals surface area contributed by atoms with E-state index in [1.165, 1.54) is 32.2 Å². The first kappa shape index (κ1) is 15.9. The standard InChI is InChI=1S/C15H32N2O/c1-13(2)7-8-15(3,12-16)17-9-5-6-14(10-17)11-18-4/h13-14H,5-12,16H2,1-4H3. The van der Waals surface area contributed by atoms with Crippen LogP contribution in [0.25, 0.3) is 0 Å². The maximum absolute atomic E-state index is 6.07. The number of piperidine rings is 1. The summed E-state index contributed by atoms with van der Waals surface area (Å²) in [7, 11) is 1.81. The van der Waals surface area contributed by atoms with Crippen LogP contribution in [-0.2, 0) is 4.74 Å². The van der Waals surface area contributed by atoms with Crippen LogP contribution in [0.3, 0.4) is 0 Å². The van der Waals surface area contributed by atoms with E-state index in [9.17, 15) is 0 Å². The number of hydrogen-bond acceptors (Lipinski definition) is 3. The highest BCUT2D eigenvalue weighted by Gasteiger charge is 2.33. The summed E-state index contributed by atoms with van der Waals surface area (Å²) in [4.78, 5) is 2.61. The molecule has 0 aromatic carbocycles. The average Bonchev–Trinajstić information content (AvgIpc) is 2.37. The Morgan fingerprint density at radius 2 is 2.17 bits per heavy atom. The SMILES string of the molecule is COCC1CCCN(C(C)(CN)CCC(C)C)C1. The van der Waals surface area contributed by atoms with Crippen molar-refractivity contribution >= 4 is 0 Å². The van der Waals surface area contributed by atoms with Crippen molar-refractivity contribution in [2.45, 2.75) is 52.0 Å². The molecule has 0 bridgehead atoms. The molecule has 0 aliphatic carbocycles. The highest BCUT2D eigenvalue weighted by atomic mass is 16.5. The molecule has 2 unspecified atom stereocenters. The predicted molar refractivity (Wildman–Crippen MR) is 77.7 cm³/mol. The van der Waals surface area contributed by atoms with E-state index >= 15 is 0 Å². The van der Waals surface area contributed by atoms with Gasteiger partial charge in [-0.2, -0.15) is 0 Å². The third-order valence-electron chi connectivity index (χ3n) is 4.38. The van der Waals surface area contributed by atoms with Crippen LogP contribution in [-0.4, -0.2) is 43.8 Å². The molecule has 0 radical (unpaired) electrons. The lowest BCUT2D eigenvalue weighted by Crippen LogP contribution is -2.55. The summed E-state index contributed by atoms with van der Waals surface area (Å²) in [6.07, 6.45) is 5.06. The first-order chi connectivity index (χ1) is 8.51. The van der Waals surface area contributed by atoms with Crippen LogP contribution in [0.4, 0.5) is 0 Å². The van der Waals surface area contributed by atoms with Gasteiger partial charge in [0.05, 0.1) is 6.61 Å². The van der Waals surface area contributed by atoms with Gasteiger partial charge in [-0.15, -0.1) is 0 Å². The molecule has 0 spiro atoms. The average molecular weight is 256 g/mol. The number of rotatable bonds is 7. The van der Waals surface area contributed by atoms with Gasteiger partial charge in [0.15, 0.2) is 0 Å². The lowest BCUT2D eigenvalue weighted by atomic mass is 9.86. The summed E-state index contributed by atoms with van der Waals surface area (Å²) in [6.45, 7) is 10.9. The molecule has 0 aromatic rings. The second kappa shape index (κ2) is 7.46. The first-order valence-corrected chi connectivity index (χ1v) is 7.46. The van der Waals surface area contributed by atoms with Gasteiger partial charge < -0.3 is 10.5 Å². The lowest BCUT2D eigenvalue weighted by Gasteiger charge is -2.45. The molecule has 3 nitrogen and oxygen atoms in total. The molecule has 1 heterocycles. The predicted octanol–water partition coefficient (Wildman–Crippen LogP) is 2.50. The number of nitrogens with zero attached hydrogens (tertiary/aromatic N) is 1. The maximum atomic E-state index is 6.07. The zero-order chi connectivity index (χ0) is 13.6. The Hall–Kier alpha value is -0.120. The second-order valence-corrected chi connectivity index (χ2v) is 6.54. The molecular formula is C15H32N2O. The molecule has 2 N–H and O–H groups in total. The number of hydrogen-bond donors (Lipinski definition) is 1. The van der Waals surface area contributed by atoms with E-state index < -0.39 is 0 Å². The molecule has 1 aliphatic rings. The van der Waals surface area contributed by atoms with E-state index in [-0.39, 0.29) is 5.54 Å². The fourth-order valence-electron chi connectivity index (χ4n) is 2.92. The van der Waals surface area contributed by atoms with Crippen LogP contribution < -0.4 is 5.73 Å². The van der Waals surface area contributed by atoms with Gasteiger partial charge in [0.1, 0.15) is 0 Å². The van der Waals surface area contributed by atoms with Crippen molar-refractivity contribution in [1.82, 2.24) is 4.90 Å². The highest BCUT2D eigenvalue weighted by Crippen LogP contribution is 2.28. The summed E-state index contributed by atoms with van der Waals surface area (Å²) < 4.78 is 5.32. The Balaban J connectivity index is 2.56. The van der Waals surface area contributed by atoms with Crippen molar-refractivity contribution < 1.29 is 4.74 Å². The van der Waals surface area contributed by atoms with E-state index in [0.717, 1.165) is 25.6 Å². The monoisotopic (exact) mass is 256 g/mol. The van der Waals surface area contributed by atoms with E-state index in [2.05, 4.69) is 25.7 Å². The van der Waals surface area contributed by atoms with Gasteiger partial charge in [0.2, 0.25) is 0 Å². The van der Waals surface area contributed by atoms with Crippen molar-refractivity contribution in [3.05, 3.63) is 0 Å². The van der Waals surface area contributed by atoms with Crippen molar-refractivity contribution in [3.63, 3.8) is 0 Å².